The molecule has 0 spiro atoms. The van der Waals surface area contributed by atoms with E-state index >= 15 is 0 Å². The Morgan fingerprint density at radius 3 is 3.10 bits per heavy atom. The van der Waals surface area contributed by atoms with Crippen molar-refractivity contribution >= 4 is 11.8 Å². The number of thioether (sulfide) groups is 1. The van der Waals surface area contributed by atoms with Crippen LogP contribution in [0.25, 0.3) is 0 Å². The van der Waals surface area contributed by atoms with Crippen molar-refractivity contribution in [1.82, 2.24) is 15.2 Å². The van der Waals surface area contributed by atoms with Gasteiger partial charge < -0.3 is 9.84 Å². The molecule has 1 aromatic heterocycles. The van der Waals surface area contributed by atoms with E-state index in [0.29, 0.717) is 13.0 Å². The molecular weight excluding hydrogens is 286 g/mol. The predicted octanol–water partition coefficient (Wildman–Crippen LogP) is 2.02. The molecule has 0 fully saturated rings. The van der Waals surface area contributed by atoms with Crippen LogP contribution in [0.4, 0.5) is 0 Å². The van der Waals surface area contributed by atoms with E-state index in [-0.39, 0.29) is 6.61 Å². The maximum absolute atomic E-state index is 8.70. The first kappa shape index (κ1) is 15.4. The molecule has 2 N–H and O–H groups in total. The number of hydrogen-bond donors (Lipinski definition) is 2. The highest BCUT2D eigenvalue weighted by atomic mass is 32.2. The SMILES string of the molecule is Cc1nc(SCCOc2cccc(C#CCCO)c2)n[nH]1. The molecule has 2 rings (SSSR count). The average molecular weight is 303 g/mol. The summed E-state index contributed by atoms with van der Waals surface area (Å²) >= 11 is 1.55. The summed E-state index contributed by atoms with van der Waals surface area (Å²) in [6.45, 7) is 2.53. The van der Waals surface area contributed by atoms with Gasteiger partial charge in [-0.1, -0.05) is 29.7 Å². The smallest absolute Gasteiger partial charge is 0.208 e. The largest absolute Gasteiger partial charge is 0.493 e. The minimum Gasteiger partial charge on any atom is -0.493 e. The Kier molecular flexibility index (Phi) is 6.13. The zero-order chi connectivity index (χ0) is 14.9. The van der Waals surface area contributed by atoms with E-state index in [1.165, 1.54) is 0 Å². The number of rotatable bonds is 6. The molecule has 0 saturated heterocycles. The first-order valence-corrected chi connectivity index (χ1v) is 7.61. The number of hydrogen-bond acceptors (Lipinski definition) is 5. The molecule has 0 saturated carbocycles. The highest BCUT2D eigenvalue weighted by molar-refractivity contribution is 7.99. The fourth-order valence-corrected chi connectivity index (χ4v) is 2.22. The number of H-pyrrole nitrogens is 1. The highest BCUT2D eigenvalue weighted by Crippen LogP contribution is 2.15. The molecule has 110 valence electrons. The van der Waals surface area contributed by atoms with Crippen molar-refractivity contribution in [3.63, 3.8) is 0 Å². The summed E-state index contributed by atoms with van der Waals surface area (Å²) in [4.78, 5) is 4.21. The summed E-state index contributed by atoms with van der Waals surface area (Å²) in [5.74, 6) is 8.25. The van der Waals surface area contributed by atoms with E-state index < -0.39 is 0 Å². The summed E-state index contributed by atoms with van der Waals surface area (Å²) in [5.41, 5.74) is 0.887. The summed E-state index contributed by atoms with van der Waals surface area (Å²) < 4.78 is 5.68. The van der Waals surface area contributed by atoms with Crippen LogP contribution in [0.5, 0.6) is 5.75 Å². The second-order valence-corrected chi connectivity index (χ2v) is 5.27. The van der Waals surface area contributed by atoms with Crippen molar-refractivity contribution < 1.29 is 9.84 Å². The molecule has 21 heavy (non-hydrogen) atoms. The molecule has 0 radical (unpaired) electrons. The van der Waals surface area contributed by atoms with Crippen LogP contribution in [-0.4, -0.2) is 39.3 Å². The topological polar surface area (TPSA) is 71.0 Å². The third kappa shape index (κ3) is 5.50. The molecule has 6 heteroatoms. The lowest BCUT2D eigenvalue weighted by molar-refractivity contribution is 0.305. The van der Waals surface area contributed by atoms with Crippen LogP contribution in [0.2, 0.25) is 0 Å². The van der Waals surface area contributed by atoms with Crippen LogP contribution in [0, 0.1) is 18.8 Å². The minimum absolute atomic E-state index is 0.0844. The Labute approximate surface area is 128 Å². The lowest BCUT2D eigenvalue weighted by Gasteiger charge is -2.05. The maximum Gasteiger partial charge on any atom is 0.208 e. The van der Waals surface area contributed by atoms with E-state index in [1.54, 1.807) is 11.8 Å². The zero-order valence-electron chi connectivity index (χ0n) is 11.8. The van der Waals surface area contributed by atoms with E-state index in [4.69, 9.17) is 9.84 Å². The number of nitrogens with one attached hydrogen (secondary N) is 1. The molecule has 2 aromatic rings. The maximum atomic E-state index is 8.70. The van der Waals surface area contributed by atoms with Gasteiger partial charge in [-0.15, -0.1) is 5.10 Å². The van der Waals surface area contributed by atoms with Gasteiger partial charge in [-0.05, 0) is 25.1 Å². The van der Waals surface area contributed by atoms with Gasteiger partial charge in [0.1, 0.15) is 11.6 Å². The van der Waals surface area contributed by atoms with Crippen LogP contribution < -0.4 is 4.74 Å². The molecule has 0 atom stereocenters. The van der Waals surface area contributed by atoms with E-state index in [2.05, 4.69) is 27.0 Å². The molecule has 0 amide bonds. The number of aryl methyl sites for hydroxylation is 1. The van der Waals surface area contributed by atoms with Crippen molar-refractivity contribution in [1.29, 1.82) is 0 Å². The average Bonchev–Trinajstić information content (AvgIpc) is 2.90. The van der Waals surface area contributed by atoms with Crippen molar-refractivity contribution in [2.45, 2.75) is 18.5 Å². The molecule has 1 aromatic carbocycles. The molecule has 0 bridgehead atoms. The fraction of sp³-hybridized carbons (Fsp3) is 0.333. The monoisotopic (exact) mass is 303 g/mol. The van der Waals surface area contributed by atoms with Crippen molar-refractivity contribution in [2.24, 2.45) is 0 Å². The zero-order valence-corrected chi connectivity index (χ0v) is 12.6. The van der Waals surface area contributed by atoms with Gasteiger partial charge in [-0.25, -0.2) is 4.98 Å². The van der Waals surface area contributed by atoms with Crippen molar-refractivity contribution in [2.75, 3.05) is 19.0 Å². The summed E-state index contributed by atoms with van der Waals surface area (Å²) in [5, 5.41) is 16.3. The summed E-state index contributed by atoms with van der Waals surface area (Å²) in [6.07, 6.45) is 0.484. The molecule has 0 aliphatic rings. The first-order valence-electron chi connectivity index (χ1n) is 6.62. The van der Waals surface area contributed by atoms with Gasteiger partial charge >= 0.3 is 0 Å². The summed E-state index contributed by atoms with van der Waals surface area (Å²) in [7, 11) is 0. The quantitative estimate of drug-likeness (QED) is 0.485. The normalized spacial score (nSPS) is 10.0. The minimum atomic E-state index is 0.0844. The fourth-order valence-electron chi connectivity index (χ4n) is 1.56. The number of nitrogens with zero attached hydrogens (tertiary/aromatic N) is 2. The van der Waals surface area contributed by atoms with Crippen LogP contribution in [-0.2, 0) is 0 Å². The second kappa shape index (κ2) is 8.35. The third-order valence-electron chi connectivity index (χ3n) is 2.46. The van der Waals surface area contributed by atoms with Crippen molar-refractivity contribution in [3.8, 4) is 17.6 Å². The molecule has 0 aliphatic carbocycles. The Morgan fingerprint density at radius 2 is 2.33 bits per heavy atom. The number of aliphatic hydroxyl groups excluding tert-OH is 1. The lowest BCUT2D eigenvalue weighted by atomic mass is 10.2. The number of ether oxygens (including phenoxy) is 1. The van der Waals surface area contributed by atoms with Gasteiger partial charge in [0.05, 0.1) is 13.2 Å². The molecule has 0 unspecified atom stereocenters. The molecule has 0 aliphatic heterocycles. The second-order valence-electron chi connectivity index (χ2n) is 4.20. The van der Waals surface area contributed by atoms with Gasteiger partial charge in [-0.3, -0.25) is 5.10 Å². The Bertz CT molecular complexity index is 631. The standard InChI is InChI=1S/C15H17N3O2S/c1-12-16-15(18-17-12)21-10-9-20-14-7-4-6-13(11-14)5-2-3-8-19/h4,6-7,11,19H,3,8-10H2,1H3,(H,16,17,18). The molecule has 1 heterocycles. The molecular formula is C15H17N3O2S. The number of aromatic nitrogens is 3. The Balaban J connectivity index is 1.78. The lowest BCUT2D eigenvalue weighted by Crippen LogP contribution is -2.00. The Hall–Kier alpha value is -1.97. The third-order valence-corrected chi connectivity index (χ3v) is 3.28. The number of benzene rings is 1. The van der Waals surface area contributed by atoms with Gasteiger partial charge in [0.15, 0.2) is 0 Å². The predicted molar refractivity (Wildman–Crippen MR) is 82.4 cm³/mol. The van der Waals surface area contributed by atoms with Crippen LogP contribution >= 0.6 is 11.8 Å². The van der Waals surface area contributed by atoms with E-state index in [9.17, 15) is 0 Å². The van der Waals surface area contributed by atoms with E-state index in [0.717, 1.165) is 28.0 Å². The van der Waals surface area contributed by atoms with Gasteiger partial charge in [0.2, 0.25) is 5.16 Å². The van der Waals surface area contributed by atoms with Crippen LogP contribution in [0.1, 0.15) is 17.8 Å². The van der Waals surface area contributed by atoms with E-state index in [1.807, 2.05) is 31.2 Å². The van der Waals surface area contributed by atoms with Crippen LogP contribution in [0.15, 0.2) is 29.4 Å². The molecule has 5 nitrogen and oxygen atoms in total. The Morgan fingerprint density at radius 1 is 1.43 bits per heavy atom. The summed E-state index contributed by atoms with van der Waals surface area (Å²) in [6, 6.07) is 7.62. The number of aliphatic hydroxyl groups is 1. The van der Waals surface area contributed by atoms with Gasteiger partial charge in [0, 0.05) is 17.7 Å². The highest BCUT2D eigenvalue weighted by Gasteiger charge is 2.01. The van der Waals surface area contributed by atoms with Gasteiger partial charge in [-0.2, -0.15) is 0 Å². The van der Waals surface area contributed by atoms with Crippen LogP contribution in [0.3, 0.4) is 0 Å². The van der Waals surface area contributed by atoms with Gasteiger partial charge in [0.25, 0.3) is 0 Å². The van der Waals surface area contributed by atoms with Crippen molar-refractivity contribution in [3.05, 3.63) is 35.7 Å². The number of aromatic amines is 1. The first-order chi connectivity index (χ1) is 10.3.